The van der Waals surface area contributed by atoms with Gasteiger partial charge in [-0.1, -0.05) is 31.2 Å². The second kappa shape index (κ2) is 8.25. The van der Waals surface area contributed by atoms with Crippen LogP contribution in [0.2, 0.25) is 0 Å². The maximum absolute atomic E-state index is 13.0. The fourth-order valence-corrected chi connectivity index (χ4v) is 3.23. The molecular weight excluding hydrogens is 354 g/mol. The molecule has 0 bridgehead atoms. The third-order valence-corrected chi connectivity index (χ3v) is 4.56. The Hall–Kier alpha value is -3.15. The van der Waals surface area contributed by atoms with Crippen molar-refractivity contribution in [2.45, 2.75) is 46.3 Å². The van der Waals surface area contributed by atoms with Crippen molar-refractivity contribution in [2.75, 3.05) is 0 Å². The van der Waals surface area contributed by atoms with Gasteiger partial charge < -0.3 is 5.32 Å². The number of carbonyl (C=O) groups excluding carboxylic acids is 1. The molecule has 28 heavy (non-hydrogen) atoms. The summed E-state index contributed by atoms with van der Waals surface area (Å²) in [5.74, 6) is -0.124. The van der Waals surface area contributed by atoms with Crippen molar-refractivity contribution in [3.05, 3.63) is 80.5 Å². The summed E-state index contributed by atoms with van der Waals surface area (Å²) < 4.78 is 2.92. The summed E-state index contributed by atoms with van der Waals surface area (Å²) in [6.07, 6.45) is 0.702. The Kier molecular flexibility index (Phi) is 5.78. The van der Waals surface area contributed by atoms with E-state index in [1.165, 1.54) is 4.57 Å². The highest BCUT2D eigenvalue weighted by atomic mass is 16.2. The number of aromatic nitrogens is 2. The van der Waals surface area contributed by atoms with E-state index in [0.717, 1.165) is 5.56 Å². The molecule has 0 fully saturated rings. The number of benzene rings is 2. The van der Waals surface area contributed by atoms with Crippen LogP contribution >= 0.6 is 0 Å². The van der Waals surface area contributed by atoms with Gasteiger partial charge in [-0.2, -0.15) is 0 Å². The van der Waals surface area contributed by atoms with Crippen molar-refractivity contribution in [1.82, 2.24) is 14.5 Å². The Bertz CT molecular complexity index is 1110. The van der Waals surface area contributed by atoms with E-state index < -0.39 is 0 Å². The van der Waals surface area contributed by atoms with Gasteiger partial charge in [-0.15, -0.1) is 0 Å². The maximum Gasteiger partial charge on any atom is 0.331 e. The zero-order valence-electron chi connectivity index (χ0n) is 16.4. The fraction of sp³-hybridized carbons (Fsp3) is 0.318. The molecule has 2 aromatic carbocycles. The first-order valence-corrected chi connectivity index (χ1v) is 9.54. The summed E-state index contributed by atoms with van der Waals surface area (Å²) in [5.41, 5.74) is 1.51. The van der Waals surface area contributed by atoms with Crippen LogP contribution < -0.4 is 16.6 Å². The molecule has 0 aliphatic rings. The fourth-order valence-electron chi connectivity index (χ4n) is 3.23. The van der Waals surface area contributed by atoms with Crippen LogP contribution in [-0.4, -0.2) is 21.1 Å². The molecule has 146 valence electrons. The van der Waals surface area contributed by atoms with Crippen molar-refractivity contribution in [3.8, 4) is 0 Å². The van der Waals surface area contributed by atoms with Gasteiger partial charge in [-0.25, -0.2) is 4.79 Å². The minimum Gasteiger partial charge on any atom is -0.350 e. The predicted molar refractivity (Wildman–Crippen MR) is 111 cm³/mol. The molecule has 3 aromatic rings. The highest BCUT2D eigenvalue weighted by Gasteiger charge is 2.13. The summed E-state index contributed by atoms with van der Waals surface area (Å²) >= 11 is 0. The van der Waals surface area contributed by atoms with E-state index in [4.69, 9.17) is 0 Å². The highest BCUT2D eigenvalue weighted by Crippen LogP contribution is 2.12. The van der Waals surface area contributed by atoms with E-state index in [1.54, 1.807) is 34.9 Å². The Labute approximate surface area is 163 Å². The summed E-state index contributed by atoms with van der Waals surface area (Å²) in [6, 6.07) is 14.4. The molecule has 0 atom stereocenters. The number of fused-ring (bicyclic) bond motifs is 1. The van der Waals surface area contributed by atoms with Gasteiger partial charge in [0.05, 0.1) is 17.4 Å². The first-order valence-electron chi connectivity index (χ1n) is 9.54. The normalized spacial score (nSPS) is 11.1. The van der Waals surface area contributed by atoms with Crippen LogP contribution in [0, 0.1) is 0 Å². The molecule has 0 aliphatic carbocycles. The number of nitrogens with one attached hydrogen (secondary N) is 1. The molecule has 0 saturated carbocycles. The van der Waals surface area contributed by atoms with E-state index in [1.807, 2.05) is 39.0 Å². The van der Waals surface area contributed by atoms with Crippen molar-refractivity contribution < 1.29 is 4.79 Å². The molecule has 1 N–H and O–H groups in total. The number of hydrogen-bond donors (Lipinski definition) is 1. The van der Waals surface area contributed by atoms with Gasteiger partial charge in [-0.05, 0) is 50.1 Å². The lowest BCUT2D eigenvalue weighted by Crippen LogP contribution is -2.40. The van der Waals surface area contributed by atoms with Crippen LogP contribution in [0.4, 0.5) is 0 Å². The molecule has 6 nitrogen and oxygen atoms in total. The maximum atomic E-state index is 13.0. The summed E-state index contributed by atoms with van der Waals surface area (Å²) in [4.78, 5) is 37.7. The minimum atomic E-state index is -0.313. The van der Waals surface area contributed by atoms with Crippen LogP contribution in [-0.2, 0) is 13.1 Å². The molecule has 0 unspecified atom stereocenters. The molecular formula is C22H25N3O3. The van der Waals surface area contributed by atoms with Crippen LogP contribution in [0.1, 0.15) is 43.1 Å². The zero-order chi connectivity index (χ0) is 20.3. The molecule has 1 amide bonds. The Morgan fingerprint density at radius 2 is 1.68 bits per heavy atom. The highest BCUT2D eigenvalue weighted by molar-refractivity contribution is 5.94. The van der Waals surface area contributed by atoms with E-state index in [-0.39, 0.29) is 23.2 Å². The van der Waals surface area contributed by atoms with Crippen molar-refractivity contribution >= 4 is 16.8 Å². The van der Waals surface area contributed by atoms with Gasteiger partial charge in [0, 0.05) is 18.2 Å². The summed E-state index contributed by atoms with van der Waals surface area (Å²) in [5, 5.41) is 3.39. The first kappa shape index (κ1) is 19.6. The van der Waals surface area contributed by atoms with E-state index in [9.17, 15) is 14.4 Å². The summed E-state index contributed by atoms with van der Waals surface area (Å²) in [6.45, 7) is 6.47. The van der Waals surface area contributed by atoms with Gasteiger partial charge in [0.1, 0.15) is 0 Å². The molecule has 0 aliphatic heterocycles. The van der Waals surface area contributed by atoms with Gasteiger partial charge in [0.15, 0.2) is 0 Å². The SMILES string of the molecule is CCCn1c(=O)c2ccccc2n(Cc2ccc(C(=O)NC(C)C)cc2)c1=O. The van der Waals surface area contributed by atoms with Gasteiger partial charge in [0.2, 0.25) is 0 Å². The van der Waals surface area contributed by atoms with Crippen molar-refractivity contribution in [1.29, 1.82) is 0 Å². The van der Waals surface area contributed by atoms with E-state index >= 15 is 0 Å². The van der Waals surface area contributed by atoms with E-state index in [0.29, 0.717) is 36.0 Å². The average Bonchev–Trinajstić information content (AvgIpc) is 2.68. The van der Waals surface area contributed by atoms with Crippen molar-refractivity contribution in [3.63, 3.8) is 0 Å². The molecule has 0 radical (unpaired) electrons. The molecule has 3 rings (SSSR count). The monoisotopic (exact) mass is 379 g/mol. The number of carbonyl (C=O) groups is 1. The lowest BCUT2D eigenvalue weighted by Gasteiger charge is -2.14. The number of rotatable bonds is 6. The Morgan fingerprint density at radius 3 is 2.32 bits per heavy atom. The average molecular weight is 379 g/mol. The van der Waals surface area contributed by atoms with Crippen LogP contribution in [0.3, 0.4) is 0 Å². The van der Waals surface area contributed by atoms with Crippen LogP contribution in [0.15, 0.2) is 58.1 Å². The van der Waals surface area contributed by atoms with Crippen LogP contribution in [0.25, 0.3) is 10.9 Å². The molecule has 1 heterocycles. The Balaban J connectivity index is 2.02. The number of para-hydroxylation sites is 1. The lowest BCUT2D eigenvalue weighted by molar-refractivity contribution is 0.0943. The lowest BCUT2D eigenvalue weighted by atomic mass is 10.1. The number of amides is 1. The third-order valence-electron chi connectivity index (χ3n) is 4.56. The molecule has 1 aromatic heterocycles. The summed E-state index contributed by atoms with van der Waals surface area (Å²) in [7, 11) is 0. The number of hydrogen-bond acceptors (Lipinski definition) is 3. The predicted octanol–water partition coefficient (Wildman–Crippen LogP) is 2.76. The molecule has 0 spiro atoms. The Morgan fingerprint density at radius 1 is 1.00 bits per heavy atom. The van der Waals surface area contributed by atoms with Gasteiger partial charge >= 0.3 is 5.69 Å². The van der Waals surface area contributed by atoms with E-state index in [2.05, 4.69) is 5.32 Å². The number of nitrogens with zero attached hydrogens (tertiary/aromatic N) is 2. The molecule has 6 heteroatoms. The van der Waals surface area contributed by atoms with Crippen molar-refractivity contribution in [2.24, 2.45) is 0 Å². The zero-order valence-corrected chi connectivity index (χ0v) is 16.4. The van der Waals surface area contributed by atoms with Gasteiger partial charge in [0.25, 0.3) is 11.5 Å². The first-order chi connectivity index (χ1) is 13.4. The second-order valence-electron chi connectivity index (χ2n) is 7.17. The van der Waals surface area contributed by atoms with Gasteiger partial charge in [-0.3, -0.25) is 18.7 Å². The van der Waals surface area contributed by atoms with Crippen LogP contribution in [0.5, 0.6) is 0 Å². The topological polar surface area (TPSA) is 73.1 Å². The molecule has 0 saturated heterocycles. The quantitative estimate of drug-likeness (QED) is 0.716. The minimum absolute atomic E-state index is 0.0664. The standard InChI is InChI=1S/C22H25N3O3/c1-4-13-24-21(27)18-7-5-6-8-19(18)25(22(24)28)14-16-9-11-17(12-10-16)20(26)23-15(2)3/h5-12,15H,4,13-14H2,1-3H3,(H,23,26). The smallest absolute Gasteiger partial charge is 0.331 e. The second-order valence-corrected chi connectivity index (χ2v) is 7.17. The third kappa shape index (κ3) is 3.91. The largest absolute Gasteiger partial charge is 0.350 e.